The van der Waals surface area contributed by atoms with Crippen LogP contribution in [0.2, 0.25) is 0 Å². The van der Waals surface area contributed by atoms with Gasteiger partial charge in [-0.15, -0.1) is 0 Å². The molecular weight excluding hydrogens is 427 g/mol. The minimum atomic E-state index is -4.52. The van der Waals surface area contributed by atoms with Crippen LogP contribution in [0, 0.1) is 0 Å². The van der Waals surface area contributed by atoms with Gasteiger partial charge in [0.25, 0.3) is 5.91 Å². The molecule has 5 nitrogen and oxygen atoms in total. The summed E-state index contributed by atoms with van der Waals surface area (Å²) in [6.45, 7) is 0.0623. The van der Waals surface area contributed by atoms with E-state index in [2.05, 4.69) is 0 Å². The number of hydrogen-bond donors (Lipinski definition) is 0. The van der Waals surface area contributed by atoms with Crippen molar-refractivity contribution < 1.29 is 32.2 Å². The Bertz CT molecular complexity index is 1050. The molecular formula is C19H12F3NO4S2. The van der Waals surface area contributed by atoms with Crippen LogP contribution in [0.15, 0.2) is 41.3 Å². The summed E-state index contributed by atoms with van der Waals surface area (Å²) in [7, 11) is 1.48. The van der Waals surface area contributed by atoms with Gasteiger partial charge in [-0.2, -0.15) is 13.2 Å². The maximum Gasteiger partial charge on any atom is 0.416 e. The van der Waals surface area contributed by atoms with E-state index in [0.29, 0.717) is 22.8 Å². The molecule has 10 heteroatoms. The van der Waals surface area contributed by atoms with Gasteiger partial charge in [0.05, 0.1) is 23.3 Å². The van der Waals surface area contributed by atoms with Crippen LogP contribution in [-0.2, 0) is 11.0 Å². The van der Waals surface area contributed by atoms with Crippen molar-refractivity contribution in [3.63, 3.8) is 0 Å². The van der Waals surface area contributed by atoms with E-state index in [0.717, 1.165) is 28.8 Å². The van der Waals surface area contributed by atoms with Crippen LogP contribution in [0.3, 0.4) is 0 Å². The Morgan fingerprint density at radius 1 is 1.24 bits per heavy atom. The van der Waals surface area contributed by atoms with E-state index in [1.807, 2.05) is 0 Å². The smallest absolute Gasteiger partial charge is 0.416 e. The molecule has 0 saturated carbocycles. The van der Waals surface area contributed by atoms with Crippen LogP contribution in [0.25, 0.3) is 6.08 Å². The lowest BCUT2D eigenvalue weighted by molar-refractivity contribution is -0.137. The van der Waals surface area contributed by atoms with E-state index < -0.39 is 17.6 Å². The van der Waals surface area contributed by atoms with Crippen LogP contribution < -0.4 is 19.1 Å². The fraction of sp³-hybridized carbons (Fsp3) is 0.158. The molecule has 0 aromatic heterocycles. The molecule has 2 aliphatic rings. The predicted octanol–water partition coefficient (Wildman–Crippen LogP) is 4.85. The van der Waals surface area contributed by atoms with E-state index in [4.69, 9.17) is 26.4 Å². The molecule has 4 rings (SSSR count). The number of alkyl halides is 3. The van der Waals surface area contributed by atoms with Gasteiger partial charge >= 0.3 is 6.18 Å². The number of carbonyl (C=O) groups is 1. The number of ether oxygens (including phenoxy) is 3. The van der Waals surface area contributed by atoms with Crippen molar-refractivity contribution in [3.05, 3.63) is 52.4 Å². The summed E-state index contributed by atoms with van der Waals surface area (Å²) in [6.07, 6.45) is -2.94. The van der Waals surface area contributed by atoms with Crippen molar-refractivity contribution in [2.75, 3.05) is 18.8 Å². The molecule has 0 atom stereocenters. The predicted molar refractivity (Wildman–Crippen MR) is 106 cm³/mol. The topological polar surface area (TPSA) is 48.0 Å². The number of thiocarbonyl (C=S) groups is 1. The second-order valence-corrected chi connectivity index (χ2v) is 7.70. The third-order valence-corrected chi connectivity index (χ3v) is 5.51. The quantitative estimate of drug-likeness (QED) is 0.504. The highest BCUT2D eigenvalue weighted by atomic mass is 32.2. The Morgan fingerprint density at radius 3 is 2.76 bits per heavy atom. The second-order valence-electron chi connectivity index (χ2n) is 6.02. The number of halogens is 3. The van der Waals surface area contributed by atoms with E-state index in [1.165, 1.54) is 19.2 Å². The third kappa shape index (κ3) is 3.65. The third-order valence-electron chi connectivity index (χ3n) is 4.20. The first-order valence-corrected chi connectivity index (χ1v) is 9.43. The highest BCUT2D eigenvalue weighted by Crippen LogP contribution is 2.44. The Balaban J connectivity index is 1.67. The van der Waals surface area contributed by atoms with Gasteiger partial charge in [-0.25, -0.2) is 0 Å². The summed E-state index contributed by atoms with van der Waals surface area (Å²) in [4.78, 5) is 14.2. The Kier molecular flexibility index (Phi) is 4.91. The molecule has 0 spiro atoms. The maximum atomic E-state index is 13.0. The number of amides is 1. The fourth-order valence-electron chi connectivity index (χ4n) is 2.90. The minimum absolute atomic E-state index is 0.0623. The first-order valence-electron chi connectivity index (χ1n) is 8.21. The maximum absolute atomic E-state index is 13.0. The molecule has 2 aromatic carbocycles. The molecule has 29 heavy (non-hydrogen) atoms. The van der Waals surface area contributed by atoms with Crippen LogP contribution in [0.4, 0.5) is 18.9 Å². The van der Waals surface area contributed by atoms with Crippen molar-refractivity contribution in [3.8, 4) is 17.2 Å². The van der Waals surface area contributed by atoms with Crippen molar-refractivity contribution >= 4 is 46.0 Å². The van der Waals surface area contributed by atoms with E-state index in [-0.39, 0.29) is 21.7 Å². The van der Waals surface area contributed by atoms with Gasteiger partial charge in [0.2, 0.25) is 12.5 Å². The molecule has 1 saturated heterocycles. The lowest BCUT2D eigenvalue weighted by Crippen LogP contribution is -2.27. The first kappa shape index (κ1) is 19.6. The molecule has 1 amide bonds. The molecule has 1 fully saturated rings. The number of anilines is 1. The number of rotatable bonds is 3. The molecule has 0 aliphatic carbocycles. The monoisotopic (exact) mass is 439 g/mol. The largest absolute Gasteiger partial charge is 0.493 e. The molecule has 0 unspecified atom stereocenters. The standard InChI is InChI=1S/C19H12F3NO4S2/c1-25-13-5-10(6-14-16(13)27-9-26-14)7-15-17(24)23(18(28)29-15)12-4-2-3-11(8-12)19(20,21)22/h2-8H,9H2,1H3. The Labute approximate surface area is 173 Å². The van der Waals surface area contributed by atoms with Crippen LogP contribution in [0.5, 0.6) is 17.2 Å². The number of hydrogen-bond acceptors (Lipinski definition) is 6. The van der Waals surface area contributed by atoms with Gasteiger partial charge in [0.1, 0.15) is 0 Å². The second kappa shape index (κ2) is 7.27. The number of benzene rings is 2. The minimum Gasteiger partial charge on any atom is -0.493 e. The first-order chi connectivity index (χ1) is 13.8. The highest BCUT2D eigenvalue weighted by Gasteiger charge is 2.36. The zero-order valence-electron chi connectivity index (χ0n) is 14.8. The summed E-state index contributed by atoms with van der Waals surface area (Å²) in [6, 6.07) is 7.84. The summed E-state index contributed by atoms with van der Waals surface area (Å²) in [5, 5.41) is 0. The van der Waals surface area contributed by atoms with Crippen LogP contribution >= 0.6 is 24.0 Å². The zero-order chi connectivity index (χ0) is 20.8. The molecule has 150 valence electrons. The average Bonchev–Trinajstić information content (AvgIpc) is 3.25. The normalized spacial score (nSPS) is 17.4. The van der Waals surface area contributed by atoms with Crippen molar-refractivity contribution in [2.45, 2.75) is 6.18 Å². The number of nitrogens with zero attached hydrogens (tertiary/aromatic N) is 1. The number of methoxy groups -OCH3 is 1. The fourth-order valence-corrected chi connectivity index (χ4v) is 4.20. The van der Waals surface area contributed by atoms with E-state index in [1.54, 1.807) is 18.2 Å². The summed E-state index contributed by atoms with van der Waals surface area (Å²) >= 11 is 6.24. The van der Waals surface area contributed by atoms with Crippen LogP contribution in [-0.4, -0.2) is 24.1 Å². The van der Waals surface area contributed by atoms with Crippen molar-refractivity contribution in [2.24, 2.45) is 0 Å². The summed E-state index contributed by atoms with van der Waals surface area (Å²) < 4.78 is 55.1. The summed E-state index contributed by atoms with van der Waals surface area (Å²) in [5.41, 5.74) is -0.182. The van der Waals surface area contributed by atoms with Gasteiger partial charge in [0, 0.05) is 0 Å². The molecule has 0 radical (unpaired) electrons. The Morgan fingerprint density at radius 2 is 2.03 bits per heavy atom. The number of fused-ring (bicyclic) bond motifs is 1. The van der Waals surface area contributed by atoms with E-state index in [9.17, 15) is 18.0 Å². The van der Waals surface area contributed by atoms with Gasteiger partial charge < -0.3 is 14.2 Å². The van der Waals surface area contributed by atoms with Crippen LogP contribution in [0.1, 0.15) is 11.1 Å². The molecule has 2 aliphatic heterocycles. The lowest BCUT2D eigenvalue weighted by Gasteiger charge is -2.16. The van der Waals surface area contributed by atoms with Gasteiger partial charge in [-0.05, 0) is 42.0 Å². The molecule has 0 bridgehead atoms. The van der Waals surface area contributed by atoms with Gasteiger partial charge in [-0.3, -0.25) is 9.69 Å². The summed E-state index contributed by atoms with van der Waals surface area (Å²) in [5.74, 6) is 0.890. The van der Waals surface area contributed by atoms with Gasteiger partial charge in [0.15, 0.2) is 15.8 Å². The SMILES string of the molecule is COc1cc(C=C2SC(=S)N(c3cccc(C(F)(F)F)c3)C2=O)cc2c1OCO2. The van der Waals surface area contributed by atoms with Crippen molar-refractivity contribution in [1.29, 1.82) is 0 Å². The zero-order valence-corrected chi connectivity index (χ0v) is 16.4. The van der Waals surface area contributed by atoms with Gasteiger partial charge in [-0.1, -0.05) is 30.0 Å². The van der Waals surface area contributed by atoms with E-state index >= 15 is 0 Å². The molecule has 2 aromatic rings. The highest BCUT2D eigenvalue weighted by molar-refractivity contribution is 8.27. The number of thioether (sulfide) groups is 1. The average molecular weight is 439 g/mol. The number of carbonyl (C=O) groups excluding carboxylic acids is 1. The van der Waals surface area contributed by atoms with Crippen molar-refractivity contribution in [1.82, 2.24) is 0 Å². The lowest BCUT2D eigenvalue weighted by atomic mass is 10.1. The molecule has 2 heterocycles. The molecule has 0 N–H and O–H groups in total. The Hall–Kier alpha value is -2.72.